The van der Waals surface area contributed by atoms with Crippen molar-refractivity contribution in [2.75, 3.05) is 64.0 Å². The number of morpholine rings is 1. The van der Waals surface area contributed by atoms with Crippen LogP contribution < -0.4 is 4.90 Å². The van der Waals surface area contributed by atoms with Gasteiger partial charge in [-0.1, -0.05) is 0 Å². The SMILES string of the molecule is CC1CN(c2ccc(C(=O)N3CCC(N4CCOCC4)CC3)cn2)CCCO1. The number of hydrogen-bond donors (Lipinski definition) is 0. The third-order valence-corrected chi connectivity index (χ3v) is 6.08. The number of piperidine rings is 1. The Bertz CT molecular complexity index is 640. The minimum absolute atomic E-state index is 0.104. The first-order valence-electron chi connectivity index (χ1n) is 10.6. The van der Waals surface area contributed by atoms with Crippen molar-refractivity contribution >= 4 is 11.7 Å². The first-order valence-corrected chi connectivity index (χ1v) is 10.6. The Morgan fingerprint density at radius 1 is 1.07 bits per heavy atom. The Balaban J connectivity index is 1.32. The molecular formula is C21H32N4O3. The molecule has 0 aromatic carbocycles. The molecule has 7 heteroatoms. The lowest BCUT2D eigenvalue weighted by molar-refractivity contribution is 0.00158. The molecule has 154 valence electrons. The number of carbonyl (C=O) groups excluding carboxylic acids is 1. The normalized spacial score (nSPS) is 25.5. The number of likely N-dealkylation sites (tertiary alicyclic amines) is 1. The lowest BCUT2D eigenvalue weighted by Gasteiger charge is -2.40. The van der Waals surface area contributed by atoms with Gasteiger partial charge in [-0.25, -0.2) is 4.98 Å². The summed E-state index contributed by atoms with van der Waals surface area (Å²) in [5.41, 5.74) is 0.688. The molecule has 1 unspecified atom stereocenters. The van der Waals surface area contributed by atoms with Crippen molar-refractivity contribution in [3.8, 4) is 0 Å². The summed E-state index contributed by atoms with van der Waals surface area (Å²) >= 11 is 0. The van der Waals surface area contributed by atoms with Crippen molar-refractivity contribution in [2.24, 2.45) is 0 Å². The van der Waals surface area contributed by atoms with Gasteiger partial charge in [-0.3, -0.25) is 9.69 Å². The highest BCUT2D eigenvalue weighted by Gasteiger charge is 2.28. The number of ether oxygens (including phenoxy) is 2. The summed E-state index contributed by atoms with van der Waals surface area (Å²) < 4.78 is 11.2. The maximum Gasteiger partial charge on any atom is 0.255 e. The Kier molecular flexibility index (Phi) is 6.44. The number of aromatic nitrogens is 1. The van der Waals surface area contributed by atoms with E-state index in [0.29, 0.717) is 11.6 Å². The van der Waals surface area contributed by atoms with E-state index in [1.54, 1.807) is 6.20 Å². The average molecular weight is 389 g/mol. The molecule has 3 saturated heterocycles. The monoisotopic (exact) mass is 388 g/mol. The molecule has 0 radical (unpaired) electrons. The highest BCUT2D eigenvalue weighted by atomic mass is 16.5. The van der Waals surface area contributed by atoms with Crippen LogP contribution in [0.15, 0.2) is 18.3 Å². The van der Waals surface area contributed by atoms with Crippen LogP contribution in [0.4, 0.5) is 5.82 Å². The largest absolute Gasteiger partial charge is 0.379 e. The molecule has 1 amide bonds. The quantitative estimate of drug-likeness (QED) is 0.785. The summed E-state index contributed by atoms with van der Waals surface area (Å²) in [5.74, 6) is 1.03. The fourth-order valence-corrected chi connectivity index (χ4v) is 4.46. The summed E-state index contributed by atoms with van der Waals surface area (Å²) in [6.07, 6.45) is 5.04. The van der Waals surface area contributed by atoms with Crippen molar-refractivity contribution in [1.82, 2.24) is 14.8 Å². The highest BCUT2D eigenvalue weighted by molar-refractivity contribution is 5.94. The van der Waals surface area contributed by atoms with Crippen molar-refractivity contribution < 1.29 is 14.3 Å². The molecule has 0 N–H and O–H groups in total. The van der Waals surface area contributed by atoms with Gasteiger partial charge in [-0.05, 0) is 38.3 Å². The van der Waals surface area contributed by atoms with Gasteiger partial charge in [0.1, 0.15) is 5.82 Å². The standard InChI is InChI=1S/C21H32N4O3/c1-17-16-25(7-2-12-28-17)20-4-3-18(15-22-20)21(26)24-8-5-19(6-9-24)23-10-13-27-14-11-23/h3-4,15,17,19H,2,5-14,16H2,1H3. The maximum atomic E-state index is 12.9. The Labute approximate surface area is 167 Å². The van der Waals surface area contributed by atoms with Gasteiger partial charge >= 0.3 is 0 Å². The Morgan fingerprint density at radius 3 is 2.57 bits per heavy atom. The van der Waals surface area contributed by atoms with E-state index < -0.39 is 0 Å². The van der Waals surface area contributed by atoms with E-state index in [-0.39, 0.29) is 12.0 Å². The predicted octanol–water partition coefficient (Wildman–Crippen LogP) is 1.63. The zero-order chi connectivity index (χ0) is 19.3. The molecule has 0 spiro atoms. The summed E-state index contributed by atoms with van der Waals surface area (Å²) in [4.78, 5) is 24.2. The minimum Gasteiger partial charge on any atom is -0.379 e. The van der Waals surface area contributed by atoms with E-state index >= 15 is 0 Å². The predicted molar refractivity (Wildman–Crippen MR) is 108 cm³/mol. The first-order chi connectivity index (χ1) is 13.7. The van der Waals surface area contributed by atoms with E-state index in [0.717, 1.165) is 84.2 Å². The van der Waals surface area contributed by atoms with Crippen molar-refractivity contribution in [3.05, 3.63) is 23.9 Å². The lowest BCUT2D eigenvalue weighted by Crippen LogP contribution is -2.50. The van der Waals surface area contributed by atoms with E-state index in [1.807, 2.05) is 17.0 Å². The lowest BCUT2D eigenvalue weighted by atomic mass is 10.0. The zero-order valence-corrected chi connectivity index (χ0v) is 16.9. The van der Waals surface area contributed by atoms with Gasteiger partial charge in [0, 0.05) is 58.1 Å². The van der Waals surface area contributed by atoms with E-state index in [1.165, 1.54) is 0 Å². The third-order valence-electron chi connectivity index (χ3n) is 6.08. The second-order valence-corrected chi connectivity index (χ2v) is 8.06. The van der Waals surface area contributed by atoms with Gasteiger partial charge in [0.15, 0.2) is 0 Å². The molecule has 3 aliphatic rings. The molecule has 3 aliphatic heterocycles. The minimum atomic E-state index is 0.104. The van der Waals surface area contributed by atoms with Crippen molar-refractivity contribution in [2.45, 2.75) is 38.3 Å². The third kappa shape index (κ3) is 4.64. The molecule has 4 rings (SSSR count). The van der Waals surface area contributed by atoms with Crippen molar-refractivity contribution in [1.29, 1.82) is 0 Å². The van der Waals surface area contributed by atoms with Crippen LogP contribution in [0, 0.1) is 0 Å². The van der Waals surface area contributed by atoms with Crippen LogP contribution in [-0.2, 0) is 9.47 Å². The summed E-state index contributed by atoms with van der Waals surface area (Å²) in [7, 11) is 0. The zero-order valence-electron chi connectivity index (χ0n) is 16.9. The molecule has 0 saturated carbocycles. The number of carbonyl (C=O) groups is 1. The van der Waals surface area contributed by atoms with Crippen molar-refractivity contribution in [3.63, 3.8) is 0 Å². The smallest absolute Gasteiger partial charge is 0.255 e. The fraction of sp³-hybridized carbons (Fsp3) is 0.714. The molecule has 0 aliphatic carbocycles. The van der Waals surface area contributed by atoms with Gasteiger partial charge in [0.25, 0.3) is 5.91 Å². The number of pyridine rings is 1. The van der Waals surface area contributed by atoms with Crippen LogP contribution in [0.5, 0.6) is 0 Å². The molecule has 0 bridgehead atoms. The average Bonchev–Trinajstić information content (AvgIpc) is 2.98. The van der Waals surface area contributed by atoms with Crippen LogP contribution >= 0.6 is 0 Å². The number of anilines is 1. The molecule has 4 heterocycles. The van der Waals surface area contributed by atoms with Gasteiger partial charge < -0.3 is 19.3 Å². The summed E-state index contributed by atoms with van der Waals surface area (Å²) in [6.45, 7) is 10.0. The van der Waals surface area contributed by atoms with Gasteiger partial charge in [-0.2, -0.15) is 0 Å². The van der Waals surface area contributed by atoms with Crippen LogP contribution in [0.3, 0.4) is 0 Å². The van der Waals surface area contributed by atoms with Crippen LogP contribution in [-0.4, -0.2) is 91.9 Å². The second-order valence-electron chi connectivity index (χ2n) is 8.06. The van der Waals surface area contributed by atoms with E-state index in [2.05, 4.69) is 21.7 Å². The summed E-state index contributed by atoms with van der Waals surface area (Å²) in [6, 6.07) is 4.49. The molecule has 1 aromatic rings. The van der Waals surface area contributed by atoms with E-state index in [4.69, 9.17) is 9.47 Å². The number of hydrogen-bond acceptors (Lipinski definition) is 6. The fourth-order valence-electron chi connectivity index (χ4n) is 4.46. The van der Waals surface area contributed by atoms with Gasteiger partial charge in [-0.15, -0.1) is 0 Å². The first kappa shape index (κ1) is 19.6. The van der Waals surface area contributed by atoms with Crippen LogP contribution in [0.1, 0.15) is 36.5 Å². The molecule has 1 atom stereocenters. The Hall–Kier alpha value is -1.70. The second kappa shape index (κ2) is 9.20. The molecule has 1 aromatic heterocycles. The number of nitrogens with zero attached hydrogens (tertiary/aromatic N) is 4. The number of rotatable bonds is 3. The highest BCUT2D eigenvalue weighted by Crippen LogP contribution is 2.21. The van der Waals surface area contributed by atoms with Crippen LogP contribution in [0.25, 0.3) is 0 Å². The molecular weight excluding hydrogens is 356 g/mol. The topological polar surface area (TPSA) is 58.1 Å². The molecule has 3 fully saturated rings. The molecule has 28 heavy (non-hydrogen) atoms. The van der Waals surface area contributed by atoms with E-state index in [9.17, 15) is 4.79 Å². The Morgan fingerprint density at radius 2 is 1.86 bits per heavy atom. The number of amides is 1. The van der Waals surface area contributed by atoms with Crippen LogP contribution in [0.2, 0.25) is 0 Å². The molecule has 7 nitrogen and oxygen atoms in total. The van der Waals surface area contributed by atoms with Gasteiger partial charge in [0.2, 0.25) is 0 Å². The maximum absolute atomic E-state index is 12.9. The van der Waals surface area contributed by atoms with Gasteiger partial charge in [0.05, 0.1) is 24.9 Å². The summed E-state index contributed by atoms with van der Waals surface area (Å²) in [5, 5.41) is 0.